The van der Waals surface area contributed by atoms with Crippen LogP contribution in [0.5, 0.6) is 0 Å². The SMILES string of the molecule is CCc1cccc(-c2n[nH]c(C)c2-c2ccccn2)c1. The van der Waals surface area contributed by atoms with E-state index in [0.29, 0.717) is 0 Å². The summed E-state index contributed by atoms with van der Waals surface area (Å²) in [6.45, 7) is 4.19. The Hall–Kier alpha value is -2.42. The molecule has 3 nitrogen and oxygen atoms in total. The van der Waals surface area contributed by atoms with Crippen molar-refractivity contribution >= 4 is 0 Å². The molecule has 0 unspecified atom stereocenters. The lowest BCUT2D eigenvalue weighted by molar-refractivity contribution is 1.05. The third kappa shape index (κ3) is 2.23. The van der Waals surface area contributed by atoms with Crippen molar-refractivity contribution in [1.29, 1.82) is 0 Å². The van der Waals surface area contributed by atoms with Gasteiger partial charge in [-0.25, -0.2) is 0 Å². The van der Waals surface area contributed by atoms with E-state index in [1.807, 2.05) is 31.3 Å². The molecule has 3 heteroatoms. The Bertz CT molecular complexity index is 714. The average Bonchev–Trinajstić information content (AvgIpc) is 2.90. The average molecular weight is 263 g/mol. The number of rotatable bonds is 3. The predicted molar refractivity (Wildman–Crippen MR) is 81.4 cm³/mol. The molecule has 0 radical (unpaired) electrons. The Balaban J connectivity index is 2.16. The highest BCUT2D eigenvalue weighted by Gasteiger charge is 2.15. The molecule has 2 heterocycles. The minimum atomic E-state index is 0.954. The number of pyridine rings is 1. The van der Waals surface area contributed by atoms with Gasteiger partial charge in [-0.15, -0.1) is 0 Å². The first-order chi connectivity index (χ1) is 9.79. The van der Waals surface area contributed by atoms with Crippen molar-refractivity contribution in [3.05, 3.63) is 59.9 Å². The molecule has 0 aliphatic rings. The molecular weight excluding hydrogens is 246 g/mol. The summed E-state index contributed by atoms with van der Waals surface area (Å²) in [6, 6.07) is 14.5. The summed E-state index contributed by atoms with van der Waals surface area (Å²) in [5.74, 6) is 0. The molecule has 3 aromatic rings. The number of nitrogens with one attached hydrogen (secondary N) is 1. The van der Waals surface area contributed by atoms with Gasteiger partial charge in [0.2, 0.25) is 0 Å². The molecule has 0 saturated heterocycles. The largest absolute Gasteiger partial charge is 0.282 e. The molecule has 0 bridgehead atoms. The minimum absolute atomic E-state index is 0.954. The normalized spacial score (nSPS) is 10.7. The summed E-state index contributed by atoms with van der Waals surface area (Å²) in [5, 5.41) is 7.55. The molecule has 1 N–H and O–H groups in total. The van der Waals surface area contributed by atoms with Gasteiger partial charge in [-0.2, -0.15) is 5.10 Å². The number of hydrogen-bond donors (Lipinski definition) is 1. The number of aromatic nitrogens is 3. The lowest BCUT2D eigenvalue weighted by Gasteiger charge is -2.05. The van der Waals surface area contributed by atoms with Crippen molar-refractivity contribution in [3.63, 3.8) is 0 Å². The lowest BCUT2D eigenvalue weighted by Crippen LogP contribution is -1.88. The summed E-state index contributed by atoms with van der Waals surface area (Å²) in [7, 11) is 0. The van der Waals surface area contributed by atoms with Gasteiger partial charge in [0.25, 0.3) is 0 Å². The van der Waals surface area contributed by atoms with Crippen molar-refractivity contribution in [1.82, 2.24) is 15.2 Å². The fraction of sp³-hybridized carbons (Fsp3) is 0.176. The Kier molecular flexibility index (Phi) is 3.33. The van der Waals surface area contributed by atoms with Crippen molar-refractivity contribution in [2.24, 2.45) is 0 Å². The van der Waals surface area contributed by atoms with E-state index in [0.717, 1.165) is 34.6 Å². The maximum atomic E-state index is 4.47. The van der Waals surface area contributed by atoms with Crippen LogP contribution >= 0.6 is 0 Å². The first-order valence-corrected chi connectivity index (χ1v) is 6.85. The van der Waals surface area contributed by atoms with Gasteiger partial charge < -0.3 is 0 Å². The molecule has 100 valence electrons. The Morgan fingerprint density at radius 1 is 1.10 bits per heavy atom. The van der Waals surface area contributed by atoms with Crippen LogP contribution in [0, 0.1) is 6.92 Å². The van der Waals surface area contributed by atoms with Crippen LogP contribution in [-0.2, 0) is 6.42 Å². The number of aromatic amines is 1. The predicted octanol–water partition coefficient (Wildman–Crippen LogP) is 4.01. The highest BCUT2D eigenvalue weighted by Crippen LogP contribution is 2.31. The van der Waals surface area contributed by atoms with E-state index in [-0.39, 0.29) is 0 Å². The van der Waals surface area contributed by atoms with Crippen LogP contribution in [0.2, 0.25) is 0 Å². The van der Waals surface area contributed by atoms with E-state index in [1.165, 1.54) is 5.56 Å². The van der Waals surface area contributed by atoms with E-state index in [9.17, 15) is 0 Å². The number of hydrogen-bond acceptors (Lipinski definition) is 2. The van der Waals surface area contributed by atoms with E-state index < -0.39 is 0 Å². The van der Waals surface area contributed by atoms with Gasteiger partial charge in [0.1, 0.15) is 5.69 Å². The summed E-state index contributed by atoms with van der Waals surface area (Å²) in [6.07, 6.45) is 2.84. The second kappa shape index (κ2) is 5.29. The fourth-order valence-electron chi connectivity index (χ4n) is 2.40. The highest BCUT2D eigenvalue weighted by atomic mass is 15.1. The second-order valence-corrected chi connectivity index (χ2v) is 4.84. The van der Waals surface area contributed by atoms with E-state index in [2.05, 4.69) is 46.4 Å². The molecule has 0 amide bonds. The van der Waals surface area contributed by atoms with Crippen LogP contribution in [0.3, 0.4) is 0 Å². The molecular formula is C17H17N3. The van der Waals surface area contributed by atoms with Gasteiger partial charge in [-0.3, -0.25) is 10.1 Å². The standard InChI is InChI=1S/C17H17N3/c1-3-13-7-6-8-14(11-13)17-16(12(2)19-20-17)15-9-4-5-10-18-15/h4-11H,3H2,1-2H3,(H,19,20). The molecule has 0 fully saturated rings. The zero-order chi connectivity index (χ0) is 13.9. The van der Waals surface area contributed by atoms with Crippen molar-refractivity contribution in [2.45, 2.75) is 20.3 Å². The maximum absolute atomic E-state index is 4.47. The van der Waals surface area contributed by atoms with Gasteiger partial charge in [-0.1, -0.05) is 31.2 Å². The van der Waals surface area contributed by atoms with Gasteiger partial charge in [-0.05, 0) is 37.1 Å². The molecule has 3 rings (SSSR count). The van der Waals surface area contributed by atoms with Crippen molar-refractivity contribution in [3.8, 4) is 22.5 Å². The van der Waals surface area contributed by atoms with Gasteiger partial charge in [0.15, 0.2) is 0 Å². The summed E-state index contributed by atoms with van der Waals surface area (Å²) >= 11 is 0. The van der Waals surface area contributed by atoms with Crippen LogP contribution in [-0.4, -0.2) is 15.2 Å². The summed E-state index contributed by atoms with van der Waals surface area (Å²) in [5.41, 5.74) is 6.50. The molecule has 0 spiro atoms. The van der Waals surface area contributed by atoms with E-state index in [1.54, 1.807) is 0 Å². The smallest absolute Gasteiger partial charge is 0.102 e. The quantitative estimate of drug-likeness (QED) is 0.775. The minimum Gasteiger partial charge on any atom is -0.282 e. The third-order valence-electron chi connectivity index (χ3n) is 3.48. The lowest BCUT2D eigenvalue weighted by atomic mass is 10.0. The van der Waals surface area contributed by atoms with Crippen molar-refractivity contribution in [2.75, 3.05) is 0 Å². The van der Waals surface area contributed by atoms with Crippen molar-refractivity contribution < 1.29 is 0 Å². The number of nitrogens with zero attached hydrogens (tertiary/aromatic N) is 2. The highest BCUT2D eigenvalue weighted by molar-refractivity contribution is 5.80. The van der Waals surface area contributed by atoms with E-state index in [4.69, 9.17) is 0 Å². The monoisotopic (exact) mass is 263 g/mol. The van der Waals surface area contributed by atoms with Crippen LogP contribution in [0.4, 0.5) is 0 Å². The topological polar surface area (TPSA) is 41.6 Å². The third-order valence-corrected chi connectivity index (χ3v) is 3.48. The van der Waals surface area contributed by atoms with E-state index >= 15 is 0 Å². The van der Waals surface area contributed by atoms with Crippen LogP contribution in [0.25, 0.3) is 22.5 Å². The molecule has 0 atom stereocenters. The fourth-order valence-corrected chi connectivity index (χ4v) is 2.40. The summed E-state index contributed by atoms with van der Waals surface area (Å²) < 4.78 is 0. The zero-order valence-corrected chi connectivity index (χ0v) is 11.7. The van der Waals surface area contributed by atoms with Gasteiger partial charge in [0.05, 0.1) is 5.69 Å². The summed E-state index contributed by atoms with van der Waals surface area (Å²) in [4.78, 5) is 4.45. The number of benzene rings is 1. The number of aryl methyl sites for hydroxylation is 2. The molecule has 20 heavy (non-hydrogen) atoms. The zero-order valence-electron chi connectivity index (χ0n) is 11.7. The molecule has 0 aliphatic heterocycles. The maximum Gasteiger partial charge on any atom is 0.102 e. The molecule has 1 aromatic carbocycles. The Morgan fingerprint density at radius 2 is 2.00 bits per heavy atom. The first kappa shape index (κ1) is 12.6. The number of H-pyrrole nitrogens is 1. The van der Waals surface area contributed by atoms with Gasteiger partial charge in [0, 0.05) is 23.0 Å². The van der Waals surface area contributed by atoms with Crippen LogP contribution in [0.15, 0.2) is 48.7 Å². The first-order valence-electron chi connectivity index (χ1n) is 6.85. The Labute approximate surface area is 118 Å². The Morgan fingerprint density at radius 3 is 2.75 bits per heavy atom. The van der Waals surface area contributed by atoms with Crippen LogP contribution in [0.1, 0.15) is 18.2 Å². The molecule has 0 aliphatic carbocycles. The van der Waals surface area contributed by atoms with Gasteiger partial charge >= 0.3 is 0 Å². The van der Waals surface area contributed by atoms with Crippen LogP contribution < -0.4 is 0 Å². The molecule has 0 saturated carbocycles. The second-order valence-electron chi connectivity index (χ2n) is 4.84. The molecule has 2 aromatic heterocycles.